The molecule has 20 heavy (non-hydrogen) atoms. The van der Waals surface area contributed by atoms with Crippen LogP contribution in [-0.4, -0.2) is 33.1 Å². The van der Waals surface area contributed by atoms with Gasteiger partial charge in [0.2, 0.25) is 0 Å². The van der Waals surface area contributed by atoms with Crippen molar-refractivity contribution in [3.63, 3.8) is 0 Å². The summed E-state index contributed by atoms with van der Waals surface area (Å²) in [5.41, 5.74) is 1.34. The second-order valence-electron chi connectivity index (χ2n) is 4.09. The summed E-state index contributed by atoms with van der Waals surface area (Å²) in [6, 6.07) is 5.34. The summed E-state index contributed by atoms with van der Waals surface area (Å²) in [5.74, 6) is 0.667. The lowest BCUT2D eigenvalue weighted by molar-refractivity contribution is -0.104. The number of methoxy groups -OCH3 is 1. The Morgan fingerprint density at radius 3 is 2.75 bits per heavy atom. The van der Waals surface area contributed by atoms with E-state index in [0.717, 1.165) is 12.0 Å². The van der Waals surface area contributed by atoms with E-state index in [9.17, 15) is 9.59 Å². The van der Waals surface area contributed by atoms with E-state index in [0.29, 0.717) is 24.3 Å². The van der Waals surface area contributed by atoms with E-state index >= 15 is 0 Å². The molecule has 1 rings (SSSR count). The van der Waals surface area contributed by atoms with E-state index in [2.05, 4.69) is 0 Å². The third-order valence-electron chi connectivity index (χ3n) is 2.64. The van der Waals surface area contributed by atoms with Crippen LogP contribution >= 0.6 is 0 Å². The van der Waals surface area contributed by atoms with E-state index < -0.39 is 6.09 Å². The van der Waals surface area contributed by atoms with Crippen LogP contribution in [0.3, 0.4) is 0 Å². The Bertz CT molecular complexity index is 497. The maximum Gasteiger partial charge on any atom is 0.413 e. The van der Waals surface area contributed by atoms with Crippen LogP contribution in [0.1, 0.15) is 18.9 Å². The minimum atomic E-state index is -0.488. The standard InChI is InChI=1S/C15H19NO4/c1-4-10-20-13-8-7-12(6-5-9-17)14(11-13)16(2)15(18)19-3/h5-9,11H,4,10H2,1-3H3. The molecule has 0 saturated heterocycles. The first-order valence-electron chi connectivity index (χ1n) is 6.34. The quantitative estimate of drug-likeness (QED) is 0.592. The van der Waals surface area contributed by atoms with Gasteiger partial charge < -0.3 is 9.47 Å². The van der Waals surface area contributed by atoms with Crippen LogP contribution < -0.4 is 9.64 Å². The molecule has 108 valence electrons. The number of ether oxygens (including phenoxy) is 2. The molecule has 0 atom stereocenters. The molecule has 0 heterocycles. The summed E-state index contributed by atoms with van der Waals surface area (Å²) in [6.07, 6.45) is 4.10. The van der Waals surface area contributed by atoms with E-state index in [4.69, 9.17) is 9.47 Å². The van der Waals surface area contributed by atoms with Crippen LogP contribution in [0, 0.1) is 0 Å². The first-order valence-corrected chi connectivity index (χ1v) is 6.34. The zero-order chi connectivity index (χ0) is 15.0. The minimum absolute atomic E-state index is 0.488. The molecule has 0 bridgehead atoms. The summed E-state index contributed by atoms with van der Waals surface area (Å²) in [6.45, 7) is 2.62. The predicted octanol–water partition coefficient (Wildman–Crippen LogP) is 2.89. The van der Waals surface area contributed by atoms with Gasteiger partial charge in [0.25, 0.3) is 0 Å². The SMILES string of the molecule is CCCOc1ccc(C=CC=O)c(N(C)C(=O)OC)c1. The zero-order valence-electron chi connectivity index (χ0n) is 12.0. The summed E-state index contributed by atoms with van der Waals surface area (Å²) in [5, 5.41) is 0. The third-order valence-corrected chi connectivity index (χ3v) is 2.64. The molecule has 0 unspecified atom stereocenters. The van der Waals surface area contributed by atoms with Crippen LogP contribution in [0.2, 0.25) is 0 Å². The maximum absolute atomic E-state index is 11.6. The molecule has 0 aromatic heterocycles. The molecule has 0 N–H and O–H groups in total. The second kappa shape index (κ2) is 7.99. The molecule has 0 saturated carbocycles. The average molecular weight is 277 g/mol. The third kappa shape index (κ3) is 4.12. The van der Waals surface area contributed by atoms with Gasteiger partial charge in [0.05, 0.1) is 19.4 Å². The summed E-state index contributed by atoms with van der Waals surface area (Å²) in [4.78, 5) is 23.4. The van der Waals surface area contributed by atoms with Gasteiger partial charge in [-0.1, -0.05) is 6.92 Å². The van der Waals surface area contributed by atoms with Crippen LogP contribution in [-0.2, 0) is 9.53 Å². The number of hydrogen-bond acceptors (Lipinski definition) is 4. The molecule has 1 aromatic rings. The van der Waals surface area contributed by atoms with Crippen molar-refractivity contribution in [1.82, 2.24) is 0 Å². The Labute approximate surface area is 118 Å². The zero-order valence-corrected chi connectivity index (χ0v) is 12.0. The van der Waals surface area contributed by atoms with E-state index in [1.54, 1.807) is 31.3 Å². The van der Waals surface area contributed by atoms with Gasteiger partial charge in [-0.15, -0.1) is 0 Å². The molecular weight excluding hydrogens is 258 g/mol. The van der Waals surface area contributed by atoms with Gasteiger partial charge in [-0.05, 0) is 36.3 Å². The molecule has 0 aliphatic carbocycles. The number of amides is 1. The molecule has 5 heteroatoms. The van der Waals surface area contributed by atoms with Crippen molar-refractivity contribution in [2.24, 2.45) is 0 Å². The van der Waals surface area contributed by atoms with E-state index in [-0.39, 0.29) is 0 Å². The molecule has 1 aromatic carbocycles. The van der Waals surface area contributed by atoms with Crippen molar-refractivity contribution in [2.45, 2.75) is 13.3 Å². The number of nitrogens with zero attached hydrogens (tertiary/aromatic N) is 1. The van der Waals surface area contributed by atoms with Crippen molar-refractivity contribution in [3.05, 3.63) is 29.8 Å². The molecule has 0 aliphatic rings. The fourth-order valence-corrected chi connectivity index (χ4v) is 1.64. The highest BCUT2D eigenvalue weighted by atomic mass is 16.5. The van der Waals surface area contributed by atoms with Crippen LogP contribution in [0.4, 0.5) is 10.5 Å². The molecule has 0 fully saturated rings. The van der Waals surface area contributed by atoms with Gasteiger partial charge in [0.15, 0.2) is 0 Å². The number of anilines is 1. The Morgan fingerprint density at radius 1 is 1.40 bits per heavy atom. The molecule has 5 nitrogen and oxygen atoms in total. The summed E-state index contributed by atoms with van der Waals surface area (Å²) in [7, 11) is 2.92. The fraction of sp³-hybridized carbons (Fsp3) is 0.333. The maximum atomic E-state index is 11.6. The monoisotopic (exact) mass is 277 g/mol. The van der Waals surface area contributed by atoms with Crippen LogP contribution in [0.15, 0.2) is 24.3 Å². The lowest BCUT2D eigenvalue weighted by atomic mass is 10.1. The van der Waals surface area contributed by atoms with Gasteiger partial charge in [-0.3, -0.25) is 9.69 Å². The first kappa shape index (κ1) is 15.8. The smallest absolute Gasteiger partial charge is 0.413 e. The van der Waals surface area contributed by atoms with Crippen molar-refractivity contribution >= 4 is 24.1 Å². The highest BCUT2D eigenvalue weighted by molar-refractivity contribution is 5.91. The highest BCUT2D eigenvalue weighted by Crippen LogP contribution is 2.27. The van der Waals surface area contributed by atoms with Crippen molar-refractivity contribution < 1.29 is 19.1 Å². The van der Waals surface area contributed by atoms with E-state index in [1.807, 2.05) is 6.92 Å². The lowest BCUT2D eigenvalue weighted by Gasteiger charge is -2.19. The number of benzene rings is 1. The van der Waals surface area contributed by atoms with Gasteiger partial charge >= 0.3 is 6.09 Å². The molecular formula is C15H19NO4. The molecule has 0 aliphatic heterocycles. The molecule has 0 spiro atoms. The van der Waals surface area contributed by atoms with Crippen molar-refractivity contribution in [3.8, 4) is 5.75 Å². The van der Waals surface area contributed by atoms with Crippen LogP contribution in [0.5, 0.6) is 5.75 Å². The number of carbonyl (C=O) groups is 2. The van der Waals surface area contributed by atoms with Gasteiger partial charge in [-0.25, -0.2) is 4.79 Å². The number of allylic oxidation sites excluding steroid dienone is 1. The second-order valence-corrected chi connectivity index (χ2v) is 4.09. The van der Waals surface area contributed by atoms with Crippen LogP contribution in [0.25, 0.3) is 6.08 Å². The minimum Gasteiger partial charge on any atom is -0.494 e. The molecule has 0 radical (unpaired) electrons. The summed E-state index contributed by atoms with van der Waals surface area (Å²) < 4.78 is 10.2. The van der Waals surface area contributed by atoms with Crippen molar-refractivity contribution in [1.29, 1.82) is 0 Å². The van der Waals surface area contributed by atoms with Crippen molar-refractivity contribution in [2.75, 3.05) is 25.7 Å². The van der Waals surface area contributed by atoms with E-state index in [1.165, 1.54) is 18.1 Å². The first-order chi connectivity index (χ1) is 9.63. The molecule has 1 amide bonds. The summed E-state index contributed by atoms with van der Waals surface area (Å²) >= 11 is 0. The fourth-order valence-electron chi connectivity index (χ4n) is 1.64. The van der Waals surface area contributed by atoms with Gasteiger partial charge in [0.1, 0.15) is 12.0 Å². The highest BCUT2D eigenvalue weighted by Gasteiger charge is 2.14. The Balaban J connectivity index is 3.14. The predicted molar refractivity (Wildman–Crippen MR) is 78.1 cm³/mol. The number of hydrogen-bond donors (Lipinski definition) is 0. The normalized spacial score (nSPS) is 10.3. The van der Waals surface area contributed by atoms with Gasteiger partial charge in [0, 0.05) is 13.1 Å². The Kier molecular flexibility index (Phi) is 6.29. The lowest BCUT2D eigenvalue weighted by Crippen LogP contribution is -2.26. The Hall–Kier alpha value is -2.30. The number of rotatable bonds is 6. The Morgan fingerprint density at radius 2 is 2.15 bits per heavy atom. The topological polar surface area (TPSA) is 55.8 Å². The average Bonchev–Trinajstić information content (AvgIpc) is 2.49. The number of carbonyl (C=O) groups excluding carboxylic acids is 2. The van der Waals surface area contributed by atoms with Gasteiger partial charge in [-0.2, -0.15) is 0 Å². The number of aldehydes is 1. The largest absolute Gasteiger partial charge is 0.494 e.